The van der Waals surface area contributed by atoms with Gasteiger partial charge >= 0.3 is 0 Å². The molecule has 6 rings (SSSR count). The Bertz CT molecular complexity index is 1890. The van der Waals surface area contributed by atoms with Crippen LogP contribution in [0.3, 0.4) is 0 Å². The molecule has 0 spiro atoms. The Morgan fingerprint density at radius 3 is 2.50 bits per heavy atom. The summed E-state index contributed by atoms with van der Waals surface area (Å²) >= 11 is 0. The van der Waals surface area contributed by atoms with Gasteiger partial charge in [0.1, 0.15) is 5.82 Å². The maximum absolute atomic E-state index is 6.34. The first-order valence-electron chi connectivity index (χ1n) is 17.4. The van der Waals surface area contributed by atoms with Crippen molar-refractivity contribution in [3.8, 4) is 0 Å². The molecule has 0 radical (unpaired) electrons. The molecule has 0 fully saturated rings. The van der Waals surface area contributed by atoms with Gasteiger partial charge in [0.25, 0.3) is 0 Å². The number of aliphatic imine (C=N–C) groups is 1. The van der Waals surface area contributed by atoms with Crippen LogP contribution in [0.2, 0.25) is 0 Å². The molecule has 4 heteroatoms. The minimum absolute atomic E-state index is 0.261. The van der Waals surface area contributed by atoms with Crippen LogP contribution in [-0.4, -0.2) is 12.3 Å². The van der Waals surface area contributed by atoms with E-state index in [1.807, 2.05) is 0 Å². The number of nitrogens with zero attached hydrogens (tertiary/aromatic N) is 1. The van der Waals surface area contributed by atoms with E-state index in [9.17, 15) is 0 Å². The maximum atomic E-state index is 6.34. The minimum Gasteiger partial charge on any atom is -0.385 e. The lowest BCUT2D eigenvalue weighted by Crippen LogP contribution is -2.19. The quantitative estimate of drug-likeness (QED) is 0.144. The molecule has 244 valence electrons. The predicted octanol–water partition coefficient (Wildman–Crippen LogP) is 9.65. The summed E-state index contributed by atoms with van der Waals surface area (Å²) in [5.74, 6) is 0.337. The van der Waals surface area contributed by atoms with Gasteiger partial charge in [-0.1, -0.05) is 116 Å². The predicted molar refractivity (Wildman–Crippen MR) is 205 cm³/mol. The Kier molecular flexibility index (Phi) is 10.7. The molecule has 2 aliphatic heterocycles. The lowest BCUT2D eigenvalue weighted by Gasteiger charge is -2.30. The first-order chi connectivity index (χ1) is 23.5. The number of nitrogens with two attached hydrogens (primary N) is 2. The Labute approximate surface area is 286 Å². The number of benzene rings is 4. The molecule has 4 nitrogen and oxygen atoms in total. The normalized spacial score (nSPS) is 16.2. The van der Waals surface area contributed by atoms with Crippen LogP contribution in [0.5, 0.6) is 0 Å². The topological polar surface area (TPSA) is 76.4 Å². The highest BCUT2D eigenvalue weighted by Gasteiger charge is 2.22. The minimum atomic E-state index is 0.261. The van der Waals surface area contributed by atoms with Gasteiger partial charge in [-0.2, -0.15) is 0 Å². The number of rotatable bonds is 11. The van der Waals surface area contributed by atoms with Crippen molar-refractivity contribution in [2.75, 3.05) is 11.9 Å². The second kappa shape index (κ2) is 15.7. The molecule has 5 N–H and O–H groups in total. The van der Waals surface area contributed by atoms with Gasteiger partial charge in [0.15, 0.2) is 0 Å². The van der Waals surface area contributed by atoms with Crippen LogP contribution in [0.4, 0.5) is 5.69 Å². The highest BCUT2D eigenvalue weighted by molar-refractivity contribution is 5.96. The molecule has 0 aliphatic carbocycles. The van der Waals surface area contributed by atoms with Crippen molar-refractivity contribution in [2.24, 2.45) is 16.5 Å². The number of anilines is 1. The van der Waals surface area contributed by atoms with Gasteiger partial charge in [0, 0.05) is 23.5 Å². The van der Waals surface area contributed by atoms with E-state index in [1.165, 1.54) is 55.9 Å². The molecular formula is C44H48N4. The number of aryl methyl sites for hydroxylation is 1. The molecule has 1 unspecified atom stereocenters. The fourth-order valence-corrected chi connectivity index (χ4v) is 6.85. The summed E-state index contributed by atoms with van der Waals surface area (Å²) < 4.78 is 0. The lowest BCUT2D eigenvalue weighted by atomic mass is 9.88. The van der Waals surface area contributed by atoms with Crippen molar-refractivity contribution in [2.45, 2.75) is 64.8 Å². The van der Waals surface area contributed by atoms with Crippen LogP contribution < -0.4 is 16.8 Å². The van der Waals surface area contributed by atoms with Crippen LogP contribution >= 0.6 is 0 Å². The fraction of sp³-hybridized carbons (Fsp3) is 0.250. The number of allylic oxidation sites excluding steroid dienone is 6. The third kappa shape index (κ3) is 8.06. The van der Waals surface area contributed by atoms with E-state index in [2.05, 4.69) is 146 Å². The van der Waals surface area contributed by atoms with E-state index < -0.39 is 0 Å². The smallest absolute Gasteiger partial charge is 0.101 e. The van der Waals surface area contributed by atoms with Crippen LogP contribution in [-0.2, 0) is 19.3 Å². The summed E-state index contributed by atoms with van der Waals surface area (Å²) in [5.41, 5.74) is 27.4. The molecule has 1 atom stereocenters. The Balaban J connectivity index is 1.20. The average Bonchev–Trinajstić information content (AvgIpc) is 3.64. The van der Waals surface area contributed by atoms with Crippen LogP contribution in [0.15, 0.2) is 132 Å². The van der Waals surface area contributed by atoms with Gasteiger partial charge < -0.3 is 16.8 Å². The molecule has 48 heavy (non-hydrogen) atoms. The van der Waals surface area contributed by atoms with Crippen molar-refractivity contribution in [3.63, 3.8) is 0 Å². The van der Waals surface area contributed by atoms with Crippen molar-refractivity contribution in [1.29, 1.82) is 0 Å². The molecular weight excluding hydrogens is 585 g/mol. The fourth-order valence-electron chi connectivity index (χ4n) is 6.85. The molecule has 2 aliphatic rings. The first kappa shape index (κ1) is 32.8. The van der Waals surface area contributed by atoms with Gasteiger partial charge in [-0.05, 0) is 114 Å². The largest absolute Gasteiger partial charge is 0.385 e. The van der Waals surface area contributed by atoms with Gasteiger partial charge in [0.2, 0.25) is 0 Å². The standard InChI is InChI=1S/C44H48N4/c1-3-32(21-25-39-19-11-27-47-39)30-41(44(45)46)40-20-8-7-16-37(40)28-34-15-10-18-38(29-34)42-26-24-36-23-22-35(31(2)43(36)48-42)17-9-14-33-12-5-4-6-13-33/h4-10,12-13,15-18,20-23,25,29-30,42,48H,3,11,14,19,24,26-28,45-46H2,1-2H3/b17-9-,25-21-,32-30+. The van der Waals surface area contributed by atoms with Crippen molar-refractivity contribution < 1.29 is 0 Å². The van der Waals surface area contributed by atoms with E-state index >= 15 is 0 Å². The summed E-state index contributed by atoms with van der Waals surface area (Å²) in [6.45, 7) is 5.34. The molecule has 0 saturated heterocycles. The molecule has 0 aromatic heterocycles. The summed E-state index contributed by atoms with van der Waals surface area (Å²) in [7, 11) is 0. The van der Waals surface area contributed by atoms with Crippen molar-refractivity contribution >= 4 is 23.0 Å². The van der Waals surface area contributed by atoms with Crippen molar-refractivity contribution in [3.05, 3.63) is 171 Å². The molecule has 0 amide bonds. The zero-order valence-electron chi connectivity index (χ0n) is 28.4. The van der Waals surface area contributed by atoms with Gasteiger partial charge in [-0.25, -0.2) is 0 Å². The molecule has 0 bridgehead atoms. The number of fused-ring (bicyclic) bond motifs is 1. The summed E-state index contributed by atoms with van der Waals surface area (Å²) in [6.07, 6.45) is 17.9. The summed E-state index contributed by atoms with van der Waals surface area (Å²) in [4.78, 5) is 4.59. The Morgan fingerprint density at radius 2 is 1.71 bits per heavy atom. The second-order valence-electron chi connectivity index (χ2n) is 13.0. The molecule has 2 heterocycles. The third-order valence-electron chi connectivity index (χ3n) is 9.61. The number of hydrogen-bond donors (Lipinski definition) is 3. The van der Waals surface area contributed by atoms with Crippen LogP contribution in [0.1, 0.15) is 83.2 Å². The number of hydrogen-bond acceptors (Lipinski definition) is 4. The number of nitrogens with one attached hydrogen (secondary N) is 1. The Hall–Kier alpha value is -5.09. The van der Waals surface area contributed by atoms with Gasteiger partial charge in [-0.15, -0.1) is 0 Å². The lowest BCUT2D eigenvalue weighted by molar-refractivity contribution is 0.665. The van der Waals surface area contributed by atoms with E-state index in [0.29, 0.717) is 5.82 Å². The van der Waals surface area contributed by atoms with Gasteiger partial charge in [0.05, 0.1) is 6.04 Å². The Morgan fingerprint density at radius 1 is 0.896 bits per heavy atom. The second-order valence-corrected chi connectivity index (χ2v) is 13.0. The highest BCUT2D eigenvalue weighted by atomic mass is 14.9. The molecule has 0 saturated carbocycles. The average molecular weight is 633 g/mol. The van der Waals surface area contributed by atoms with E-state index in [4.69, 9.17) is 11.5 Å². The van der Waals surface area contributed by atoms with Crippen molar-refractivity contribution in [1.82, 2.24) is 0 Å². The first-order valence-corrected chi connectivity index (χ1v) is 17.4. The molecule has 4 aromatic carbocycles. The van der Waals surface area contributed by atoms with E-state index in [0.717, 1.165) is 62.6 Å². The highest BCUT2D eigenvalue weighted by Crippen LogP contribution is 2.37. The summed E-state index contributed by atoms with van der Waals surface area (Å²) in [6, 6.07) is 33.0. The zero-order valence-corrected chi connectivity index (χ0v) is 28.4. The zero-order chi connectivity index (χ0) is 33.3. The molecule has 4 aromatic rings. The monoisotopic (exact) mass is 632 g/mol. The van der Waals surface area contributed by atoms with Gasteiger partial charge in [-0.3, -0.25) is 4.99 Å². The maximum Gasteiger partial charge on any atom is 0.101 e. The van der Waals surface area contributed by atoms with E-state index in [1.54, 1.807) is 0 Å². The SMILES string of the molecule is CCC(/C=C\C1=NCCC1)=C\C(=C(N)N)c1ccccc1Cc1cccc(C2CCc3ccc(/C=C\Cc4ccccc4)c(C)c3N2)c1. The summed E-state index contributed by atoms with van der Waals surface area (Å²) in [5, 5.41) is 3.93. The van der Waals surface area contributed by atoms with E-state index in [-0.39, 0.29) is 6.04 Å². The third-order valence-corrected chi connectivity index (χ3v) is 9.61. The van der Waals surface area contributed by atoms with Crippen LogP contribution in [0, 0.1) is 6.92 Å². The van der Waals surface area contributed by atoms with Crippen LogP contribution in [0.25, 0.3) is 11.6 Å².